The maximum Gasteiger partial charge on any atom is 0.330 e. The van der Waals surface area contributed by atoms with Crippen molar-refractivity contribution in [2.75, 3.05) is 27.4 Å². The van der Waals surface area contributed by atoms with E-state index in [2.05, 4.69) is 4.98 Å². The molecule has 0 unspecified atom stereocenters. The highest BCUT2D eigenvalue weighted by atomic mass is 32.2. The Bertz CT molecular complexity index is 2200. The zero-order valence-corrected chi connectivity index (χ0v) is 28.9. The molecule has 0 radical (unpaired) electrons. The van der Waals surface area contributed by atoms with Crippen LogP contribution < -0.4 is 20.7 Å². The van der Waals surface area contributed by atoms with E-state index in [0.29, 0.717) is 11.5 Å². The lowest BCUT2D eigenvalue weighted by Gasteiger charge is -2.41. The van der Waals surface area contributed by atoms with Gasteiger partial charge in [-0.15, -0.1) is 0 Å². The van der Waals surface area contributed by atoms with Gasteiger partial charge in [0.15, 0.2) is 6.23 Å². The number of sulfonamides is 1. The average molecular weight is 712 g/mol. The number of aromatic amines is 1. The number of aliphatic hydroxyl groups excluding tert-OH is 1. The van der Waals surface area contributed by atoms with Crippen LogP contribution in [0.2, 0.25) is 0 Å². The molecule has 2 bridgehead atoms. The molecule has 264 valence electrons. The summed E-state index contributed by atoms with van der Waals surface area (Å²) in [5.41, 5.74) is -1.97. The summed E-state index contributed by atoms with van der Waals surface area (Å²) in [6, 6.07) is 30.9. The van der Waals surface area contributed by atoms with Gasteiger partial charge in [-0.1, -0.05) is 72.8 Å². The SMILES string of the molecule is COc1ccc(C(OC[C@@]23CN(S(=O)(=O)c4ccccc4)[C@@H]([C@H](n4cc(C)c(=O)[nH]c4=O)O2)[C@@H]3O)(c2ccccc2)c2ccc(OC)cc2)cc1. The molecule has 0 saturated carbocycles. The van der Waals surface area contributed by atoms with E-state index in [-0.39, 0.29) is 23.6 Å². The number of aliphatic hydroxyl groups is 1. The Hall–Kier alpha value is -5.05. The number of benzene rings is 4. The van der Waals surface area contributed by atoms with Gasteiger partial charge in [-0.05, 0) is 60.0 Å². The van der Waals surface area contributed by atoms with Crippen LogP contribution >= 0.6 is 0 Å². The minimum Gasteiger partial charge on any atom is -0.497 e. The molecule has 4 atom stereocenters. The number of ether oxygens (including phenoxy) is 4. The molecule has 1 aromatic heterocycles. The number of nitrogens with zero attached hydrogens (tertiary/aromatic N) is 2. The summed E-state index contributed by atoms with van der Waals surface area (Å²) in [5, 5.41) is 12.1. The van der Waals surface area contributed by atoms with Gasteiger partial charge in [0.1, 0.15) is 28.8 Å². The van der Waals surface area contributed by atoms with E-state index >= 15 is 0 Å². The minimum atomic E-state index is -4.22. The zero-order valence-electron chi connectivity index (χ0n) is 28.1. The van der Waals surface area contributed by atoms with E-state index in [4.69, 9.17) is 18.9 Å². The quantitative estimate of drug-likeness (QED) is 0.196. The second kappa shape index (κ2) is 13.2. The van der Waals surface area contributed by atoms with Crippen LogP contribution in [0.3, 0.4) is 0 Å². The molecule has 3 heterocycles. The third-order valence-corrected chi connectivity index (χ3v) is 11.6. The summed E-state index contributed by atoms with van der Waals surface area (Å²) in [6.45, 7) is 0.930. The van der Waals surface area contributed by atoms with Gasteiger partial charge in [0, 0.05) is 18.3 Å². The molecule has 2 N–H and O–H groups in total. The van der Waals surface area contributed by atoms with Crippen LogP contribution in [0.1, 0.15) is 28.5 Å². The monoisotopic (exact) mass is 711 g/mol. The predicted molar refractivity (Wildman–Crippen MR) is 187 cm³/mol. The molecule has 12 nitrogen and oxygen atoms in total. The Morgan fingerprint density at radius 1 is 0.843 bits per heavy atom. The summed E-state index contributed by atoms with van der Waals surface area (Å²) in [5.74, 6) is 1.27. The van der Waals surface area contributed by atoms with Gasteiger partial charge in [0.2, 0.25) is 10.0 Å². The van der Waals surface area contributed by atoms with Gasteiger partial charge >= 0.3 is 5.69 Å². The number of hydrogen-bond acceptors (Lipinski definition) is 9. The number of aromatic nitrogens is 2. The first-order valence-corrected chi connectivity index (χ1v) is 17.7. The van der Waals surface area contributed by atoms with Gasteiger partial charge in [0.05, 0.1) is 31.8 Å². The standard InChI is InChI=1S/C38H37N3O9S/c1-25-22-40(36(44)39-34(25)43)35-32-33(42)37(50-35,23-41(32)51(45,46)31-12-8-5-9-13-31)24-49-38(26-10-6-4-7-11-26,27-14-18-29(47-2)19-15-27)28-16-20-30(48-3)21-17-28/h4-22,32-33,35,42H,23-24H2,1-3H3,(H,39,43,44)/t32-,33+,35-,37-/m1/s1. The van der Waals surface area contributed by atoms with Gasteiger partial charge in [-0.2, -0.15) is 4.31 Å². The van der Waals surface area contributed by atoms with E-state index < -0.39 is 50.8 Å². The molecule has 2 fully saturated rings. The van der Waals surface area contributed by atoms with Crippen LogP contribution in [0.4, 0.5) is 0 Å². The fraction of sp³-hybridized carbons (Fsp3) is 0.263. The first kappa shape index (κ1) is 34.4. The second-order valence-corrected chi connectivity index (χ2v) is 14.5. The lowest BCUT2D eigenvalue weighted by Crippen LogP contribution is -2.52. The molecule has 2 aliphatic rings. The molecular formula is C38H37N3O9S. The Morgan fingerprint density at radius 2 is 1.37 bits per heavy atom. The minimum absolute atomic E-state index is 0.0136. The first-order chi connectivity index (χ1) is 24.5. The van der Waals surface area contributed by atoms with Crippen LogP contribution in [0.15, 0.2) is 130 Å². The van der Waals surface area contributed by atoms with E-state index in [0.717, 1.165) is 21.3 Å². The number of rotatable bonds is 11. The molecule has 7 rings (SSSR count). The van der Waals surface area contributed by atoms with Crippen molar-refractivity contribution in [3.8, 4) is 11.5 Å². The van der Waals surface area contributed by atoms with Crippen LogP contribution in [-0.2, 0) is 25.1 Å². The Balaban J connectivity index is 1.38. The van der Waals surface area contributed by atoms with Gasteiger partial charge in [-0.25, -0.2) is 13.2 Å². The number of aryl methyl sites for hydroxylation is 1. The maximum atomic E-state index is 14.2. The summed E-state index contributed by atoms with van der Waals surface area (Å²) in [6.07, 6.45) is -1.43. The largest absolute Gasteiger partial charge is 0.497 e. The zero-order chi connectivity index (χ0) is 36.0. The molecule has 2 saturated heterocycles. The highest BCUT2D eigenvalue weighted by Crippen LogP contribution is 2.50. The average Bonchev–Trinajstić information content (AvgIpc) is 3.61. The van der Waals surface area contributed by atoms with Crippen molar-refractivity contribution in [2.24, 2.45) is 0 Å². The highest BCUT2D eigenvalue weighted by Gasteiger charge is 2.67. The molecule has 0 amide bonds. The van der Waals surface area contributed by atoms with Crippen molar-refractivity contribution in [1.82, 2.24) is 13.9 Å². The first-order valence-electron chi connectivity index (χ1n) is 16.3. The molecule has 5 aromatic rings. The molecule has 0 spiro atoms. The van der Waals surface area contributed by atoms with Crippen molar-refractivity contribution in [2.45, 2.75) is 41.4 Å². The third kappa shape index (κ3) is 5.76. The van der Waals surface area contributed by atoms with E-state index in [9.17, 15) is 23.1 Å². The van der Waals surface area contributed by atoms with Crippen LogP contribution in [0.5, 0.6) is 11.5 Å². The van der Waals surface area contributed by atoms with Gasteiger partial charge in [0.25, 0.3) is 5.56 Å². The summed E-state index contributed by atoms with van der Waals surface area (Å²) in [4.78, 5) is 27.8. The third-order valence-electron chi connectivity index (χ3n) is 9.74. The summed E-state index contributed by atoms with van der Waals surface area (Å²) < 4.78 is 55.3. The smallest absolute Gasteiger partial charge is 0.330 e. The van der Waals surface area contributed by atoms with Crippen molar-refractivity contribution >= 4 is 10.0 Å². The van der Waals surface area contributed by atoms with Crippen molar-refractivity contribution in [3.63, 3.8) is 0 Å². The van der Waals surface area contributed by atoms with E-state index in [1.165, 1.54) is 29.6 Å². The van der Waals surface area contributed by atoms with E-state index in [1.54, 1.807) is 32.4 Å². The molecule has 13 heteroatoms. The Morgan fingerprint density at radius 3 is 1.92 bits per heavy atom. The number of H-pyrrole nitrogens is 1. The maximum absolute atomic E-state index is 14.2. The number of morpholine rings is 1. The molecule has 2 aliphatic heterocycles. The Labute approximate surface area is 294 Å². The molecule has 4 aromatic carbocycles. The molecule has 0 aliphatic carbocycles. The van der Waals surface area contributed by atoms with Crippen LogP contribution in [-0.4, -0.2) is 72.5 Å². The van der Waals surface area contributed by atoms with Crippen LogP contribution in [0, 0.1) is 6.92 Å². The fourth-order valence-electron chi connectivity index (χ4n) is 7.09. The fourth-order valence-corrected chi connectivity index (χ4v) is 8.79. The number of nitrogens with one attached hydrogen (secondary N) is 1. The van der Waals surface area contributed by atoms with Gasteiger partial charge in [-0.3, -0.25) is 14.3 Å². The van der Waals surface area contributed by atoms with Crippen LogP contribution in [0.25, 0.3) is 0 Å². The van der Waals surface area contributed by atoms with Gasteiger partial charge < -0.3 is 24.1 Å². The lowest BCUT2D eigenvalue weighted by molar-refractivity contribution is -0.171. The highest BCUT2D eigenvalue weighted by molar-refractivity contribution is 7.89. The normalized spacial score (nSPS) is 21.8. The van der Waals surface area contributed by atoms with E-state index in [1.807, 2.05) is 78.9 Å². The number of methoxy groups -OCH3 is 2. The van der Waals surface area contributed by atoms with Crippen molar-refractivity contribution in [3.05, 3.63) is 158 Å². The molecular weight excluding hydrogens is 674 g/mol. The topological polar surface area (TPSA) is 149 Å². The predicted octanol–water partition coefficient (Wildman–Crippen LogP) is 3.57. The lowest BCUT2D eigenvalue weighted by atomic mass is 9.79. The second-order valence-electron chi connectivity index (χ2n) is 12.6. The van der Waals surface area contributed by atoms with Crippen molar-refractivity contribution < 1.29 is 32.5 Å². The Kier molecular flexibility index (Phi) is 8.94. The number of fused-ring (bicyclic) bond motifs is 2. The summed E-state index contributed by atoms with van der Waals surface area (Å²) >= 11 is 0. The summed E-state index contributed by atoms with van der Waals surface area (Å²) in [7, 11) is -1.06. The molecule has 51 heavy (non-hydrogen) atoms. The van der Waals surface area contributed by atoms with Crippen molar-refractivity contribution in [1.29, 1.82) is 0 Å². The number of hydrogen-bond donors (Lipinski definition) is 2.